The van der Waals surface area contributed by atoms with Crippen LogP contribution >= 0.6 is 0 Å². The lowest BCUT2D eigenvalue weighted by Crippen LogP contribution is -2.31. The van der Waals surface area contributed by atoms with Gasteiger partial charge in [0.05, 0.1) is 12.6 Å². The highest BCUT2D eigenvalue weighted by Gasteiger charge is 2.13. The molecule has 0 spiro atoms. The monoisotopic (exact) mass is 226 g/mol. The lowest BCUT2D eigenvalue weighted by Gasteiger charge is -2.16. The predicted octanol–water partition coefficient (Wildman–Crippen LogP) is 1.85. The average Bonchev–Trinajstić information content (AvgIpc) is 2.38. The number of hydrogen-bond acceptors (Lipinski definition) is 2. The molecule has 1 aromatic carbocycles. The number of hydrogen-bond donors (Lipinski definition) is 0. The molecular formula is C14H14N2O. The van der Waals surface area contributed by atoms with E-state index in [0.717, 1.165) is 6.42 Å². The molecule has 0 bridgehead atoms. The Morgan fingerprint density at radius 2 is 2.00 bits per heavy atom. The zero-order valence-corrected chi connectivity index (χ0v) is 9.81. The topological polar surface area (TPSA) is 44.1 Å². The molecule has 0 N–H and O–H groups in total. The van der Waals surface area contributed by atoms with Crippen molar-refractivity contribution in [2.24, 2.45) is 0 Å². The van der Waals surface area contributed by atoms with Crippen molar-refractivity contribution in [1.82, 2.24) is 4.90 Å². The van der Waals surface area contributed by atoms with Gasteiger partial charge in [0, 0.05) is 5.56 Å². The summed E-state index contributed by atoms with van der Waals surface area (Å²) in [5.74, 6) is 2.18. The number of amides is 1. The van der Waals surface area contributed by atoms with Crippen LogP contribution in [0.2, 0.25) is 0 Å². The van der Waals surface area contributed by atoms with E-state index in [0.29, 0.717) is 5.56 Å². The molecule has 0 saturated heterocycles. The van der Waals surface area contributed by atoms with Gasteiger partial charge in [-0.2, -0.15) is 5.26 Å². The van der Waals surface area contributed by atoms with E-state index in [2.05, 4.69) is 12.8 Å². The first-order valence-electron chi connectivity index (χ1n) is 5.41. The molecule has 0 atom stereocenters. The number of benzene rings is 1. The maximum atomic E-state index is 12.0. The van der Waals surface area contributed by atoms with Crippen molar-refractivity contribution in [1.29, 1.82) is 5.26 Å². The summed E-state index contributed by atoms with van der Waals surface area (Å²) in [7, 11) is 0. The van der Waals surface area contributed by atoms with Crippen LogP contribution in [0.5, 0.6) is 0 Å². The molecule has 1 aromatic rings. The minimum Gasteiger partial charge on any atom is -0.314 e. The lowest BCUT2D eigenvalue weighted by atomic mass is 10.1. The highest BCUT2D eigenvalue weighted by Crippen LogP contribution is 2.08. The highest BCUT2D eigenvalue weighted by atomic mass is 16.2. The minimum atomic E-state index is -0.202. The molecule has 0 aliphatic heterocycles. The van der Waals surface area contributed by atoms with Crippen molar-refractivity contribution in [2.45, 2.75) is 13.3 Å². The van der Waals surface area contributed by atoms with Crippen LogP contribution < -0.4 is 0 Å². The molecule has 1 rings (SSSR count). The van der Waals surface area contributed by atoms with Crippen molar-refractivity contribution in [3.8, 4) is 18.4 Å². The summed E-state index contributed by atoms with van der Waals surface area (Å²) in [6.45, 7) is 2.22. The van der Waals surface area contributed by atoms with E-state index in [4.69, 9.17) is 11.7 Å². The van der Waals surface area contributed by atoms with Gasteiger partial charge in [0.1, 0.15) is 6.54 Å². The van der Waals surface area contributed by atoms with Crippen molar-refractivity contribution in [3.05, 3.63) is 35.4 Å². The van der Waals surface area contributed by atoms with Crippen LogP contribution in [0.4, 0.5) is 0 Å². The molecule has 0 fully saturated rings. The molecule has 0 aliphatic rings. The molecule has 86 valence electrons. The summed E-state index contributed by atoms with van der Waals surface area (Å²) < 4.78 is 0. The van der Waals surface area contributed by atoms with Gasteiger partial charge < -0.3 is 4.90 Å². The first-order valence-corrected chi connectivity index (χ1v) is 5.41. The number of rotatable bonds is 4. The average molecular weight is 226 g/mol. The van der Waals surface area contributed by atoms with Gasteiger partial charge in [-0.1, -0.05) is 25.0 Å². The third-order valence-electron chi connectivity index (χ3n) is 2.44. The smallest absolute Gasteiger partial charge is 0.255 e. The summed E-state index contributed by atoms with van der Waals surface area (Å²) in [5.41, 5.74) is 1.73. The summed E-state index contributed by atoms with van der Waals surface area (Å²) in [6.07, 6.45) is 6.10. The number of aryl methyl sites for hydroxylation is 1. The fourth-order valence-electron chi connectivity index (χ4n) is 1.46. The fourth-order valence-corrected chi connectivity index (χ4v) is 1.46. The van der Waals surface area contributed by atoms with E-state index in [1.807, 2.05) is 18.2 Å². The second kappa shape index (κ2) is 6.35. The van der Waals surface area contributed by atoms with Crippen LogP contribution in [-0.4, -0.2) is 23.9 Å². The zero-order chi connectivity index (χ0) is 12.7. The largest absolute Gasteiger partial charge is 0.314 e. The summed E-state index contributed by atoms with van der Waals surface area (Å²) in [6, 6.07) is 9.29. The second-order valence-electron chi connectivity index (χ2n) is 3.57. The van der Waals surface area contributed by atoms with E-state index in [1.54, 1.807) is 12.1 Å². The molecule has 0 heterocycles. The van der Waals surface area contributed by atoms with Crippen LogP contribution in [0.15, 0.2) is 24.3 Å². The Hall–Kier alpha value is -2.26. The van der Waals surface area contributed by atoms with Gasteiger partial charge in [-0.15, -0.1) is 6.42 Å². The van der Waals surface area contributed by atoms with Gasteiger partial charge in [0.15, 0.2) is 0 Å². The fraction of sp³-hybridized carbons (Fsp3) is 0.286. The van der Waals surface area contributed by atoms with Gasteiger partial charge in [0.25, 0.3) is 5.91 Å². The molecule has 17 heavy (non-hydrogen) atoms. The minimum absolute atomic E-state index is 0.0125. The predicted molar refractivity (Wildman–Crippen MR) is 66.2 cm³/mol. The first-order chi connectivity index (χ1) is 8.22. The Labute approximate surface area is 102 Å². The summed E-state index contributed by atoms with van der Waals surface area (Å²) in [5, 5.41) is 8.63. The number of terminal acetylenes is 1. The quantitative estimate of drug-likeness (QED) is 0.581. The van der Waals surface area contributed by atoms with Crippen molar-refractivity contribution < 1.29 is 4.79 Å². The van der Waals surface area contributed by atoms with Crippen LogP contribution in [0, 0.1) is 23.7 Å². The number of nitrogens with zero attached hydrogens (tertiary/aromatic N) is 2. The highest BCUT2D eigenvalue weighted by molar-refractivity contribution is 5.94. The Morgan fingerprint density at radius 3 is 2.47 bits per heavy atom. The van der Waals surface area contributed by atoms with E-state index < -0.39 is 0 Å². The van der Waals surface area contributed by atoms with Gasteiger partial charge in [-0.25, -0.2) is 0 Å². The molecule has 0 radical (unpaired) electrons. The standard InChI is InChI=1S/C14H14N2O/c1-3-10-16(11-9-15)14(17)13-7-5-12(4-2)6-8-13/h1,5-8H,4,10-11H2,2H3. The molecule has 0 unspecified atom stereocenters. The maximum Gasteiger partial charge on any atom is 0.255 e. The van der Waals surface area contributed by atoms with Crippen LogP contribution in [0.25, 0.3) is 0 Å². The number of nitriles is 1. The van der Waals surface area contributed by atoms with E-state index >= 15 is 0 Å². The molecule has 1 amide bonds. The Morgan fingerprint density at radius 1 is 1.35 bits per heavy atom. The van der Waals surface area contributed by atoms with Crippen molar-refractivity contribution in [2.75, 3.05) is 13.1 Å². The van der Waals surface area contributed by atoms with Crippen molar-refractivity contribution >= 4 is 5.91 Å². The Balaban J connectivity index is 2.86. The van der Waals surface area contributed by atoms with Crippen LogP contribution in [0.3, 0.4) is 0 Å². The number of carbonyl (C=O) groups excluding carboxylic acids is 1. The van der Waals surface area contributed by atoms with Gasteiger partial charge in [-0.3, -0.25) is 4.79 Å². The third-order valence-corrected chi connectivity index (χ3v) is 2.44. The van der Waals surface area contributed by atoms with E-state index in [-0.39, 0.29) is 19.0 Å². The molecule has 0 saturated carbocycles. The molecular weight excluding hydrogens is 212 g/mol. The normalized spacial score (nSPS) is 9.12. The SMILES string of the molecule is C#CCN(CC#N)C(=O)c1ccc(CC)cc1. The zero-order valence-electron chi connectivity index (χ0n) is 9.81. The molecule has 3 nitrogen and oxygen atoms in total. The lowest BCUT2D eigenvalue weighted by molar-refractivity contribution is 0.0795. The summed E-state index contributed by atoms with van der Waals surface area (Å²) >= 11 is 0. The Kier molecular flexibility index (Phi) is 4.78. The van der Waals surface area contributed by atoms with Gasteiger partial charge in [-0.05, 0) is 24.1 Å². The first kappa shape index (κ1) is 12.8. The molecule has 0 aliphatic carbocycles. The second-order valence-corrected chi connectivity index (χ2v) is 3.57. The maximum absolute atomic E-state index is 12.0. The molecule has 3 heteroatoms. The van der Waals surface area contributed by atoms with E-state index in [9.17, 15) is 4.79 Å². The van der Waals surface area contributed by atoms with Crippen LogP contribution in [-0.2, 0) is 6.42 Å². The van der Waals surface area contributed by atoms with Crippen molar-refractivity contribution in [3.63, 3.8) is 0 Å². The van der Waals surface area contributed by atoms with Crippen LogP contribution in [0.1, 0.15) is 22.8 Å². The van der Waals surface area contributed by atoms with Gasteiger partial charge >= 0.3 is 0 Å². The molecule has 0 aromatic heterocycles. The summed E-state index contributed by atoms with van der Waals surface area (Å²) in [4.78, 5) is 13.4. The Bertz CT molecular complexity index is 446. The third kappa shape index (κ3) is 3.36. The van der Waals surface area contributed by atoms with E-state index in [1.165, 1.54) is 10.5 Å². The number of carbonyl (C=O) groups is 1. The van der Waals surface area contributed by atoms with Gasteiger partial charge in [0.2, 0.25) is 0 Å².